The van der Waals surface area contributed by atoms with Crippen LogP contribution in [0, 0.1) is 17.1 Å². The summed E-state index contributed by atoms with van der Waals surface area (Å²) in [5.74, 6) is -1.35. The molecule has 0 atom stereocenters. The largest absolute Gasteiger partial charge is 0.465 e. The van der Waals surface area contributed by atoms with Crippen molar-refractivity contribution >= 4 is 11.7 Å². The van der Waals surface area contributed by atoms with Crippen LogP contribution in [-0.2, 0) is 18.3 Å². The van der Waals surface area contributed by atoms with Gasteiger partial charge in [0.05, 0.1) is 12.7 Å². The summed E-state index contributed by atoms with van der Waals surface area (Å²) in [5, 5.41) is 12.0. The van der Waals surface area contributed by atoms with E-state index in [1.807, 2.05) is 6.20 Å². The Kier molecular flexibility index (Phi) is 4.24. The van der Waals surface area contributed by atoms with Gasteiger partial charge in [0.2, 0.25) is 0 Å². The lowest BCUT2D eigenvalue weighted by molar-refractivity contribution is 0.0595. The molecule has 2 aromatic rings. The molecule has 1 aromatic heterocycles. The molecule has 1 heterocycles. The molecule has 0 aliphatic heterocycles. The molecule has 0 unspecified atom stereocenters. The van der Waals surface area contributed by atoms with E-state index in [0.29, 0.717) is 17.9 Å². The van der Waals surface area contributed by atoms with E-state index in [2.05, 4.69) is 16.1 Å². The Labute approximate surface area is 121 Å². The van der Waals surface area contributed by atoms with E-state index in [1.165, 1.54) is 25.3 Å². The average Bonchev–Trinajstić information content (AvgIpc) is 2.85. The number of aryl methyl sites for hydroxylation is 1. The third-order valence-corrected chi connectivity index (χ3v) is 3.04. The number of aromatic nitrogens is 1. The molecule has 0 bridgehead atoms. The van der Waals surface area contributed by atoms with Gasteiger partial charge in [0.1, 0.15) is 17.6 Å². The fourth-order valence-corrected chi connectivity index (χ4v) is 1.95. The normalized spacial score (nSPS) is 10.0. The maximum atomic E-state index is 13.5. The van der Waals surface area contributed by atoms with Gasteiger partial charge in [-0.1, -0.05) is 0 Å². The molecule has 0 fully saturated rings. The van der Waals surface area contributed by atoms with E-state index in [1.54, 1.807) is 17.7 Å². The van der Waals surface area contributed by atoms with Crippen LogP contribution in [0.15, 0.2) is 30.5 Å². The van der Waals surface area contributed by atoms with Gasteiger partial charge in [-0.15, -0.1) is 0 Å². The molecule has 0 aliphatic rings. The third kappa shape index (κ3) is 3.20. The number of ether oxygens (including phenoxy) is 1. The molecule has 6 heteroatoms. The zero-order chi connectivity index (χ0) is 15.4. The van der Waals surface area contributed by atoms with E-state index >= 15 is 0 Å². The average molecular weight is 287 g/mol. The quantitative estimate of drug-likeness (QED) is 0.877. The first-order valence-corrected chi connectivity index (χ1v) is 6.22. The number of halogens is 1. The van der Waals surface area contributed by atoms with Crippen molar-refractivity contribution in [2.45, 2.75) is 6.54 Å². The Hall–Kier alpha value is -2.81. The second-order valence-corrected chi connectivity index (χ2v) is 4.50. The topological polar surface area (TPSA) is 67.0 Å². The van der Waals surface area contributed by atoms with Crippen molar-refractivity contribution in [1.29, 1.82) is 5.26 Å². The van der Waals surface area contributed by atoms with Crippen molar-refractivity contribution in [2.24, 2.45) is 7.05 Å². The first kappa shape index (κ1) is 14.6. The van der Waals surface area contributed by atoms with E-state index in [0.717, 1.165) is 5.56 Å². The predicted octanol–water partition coefficient (Wildman–Crippen LogP) is 2.43. The summed E-state index contributed by atoms with van der Waals surface area (Å²) in [4.78, 5) is 11.4. The van der Waals surface area contributed by atoms with Crippen LogP contribution in [0.3, 0.4) is 0 Å². The minimum atomic E-state index is -0.720. The fraction of sp³-hybridized carbons (Fsp3) is 0.200. The Morgan fingerprint density at radius 3 is 2.86 bits per heavy atom. The van der Waals surface area contributed by atoms with Crippen molar-refractivity contribution in [3.8, 4) is 6.07 Å². The number of nitriles is 1. The SMILES string of the molecule is COC(=O)c1cc(NCc2cc(C#N)n(C)c2)ccc1F. The number of benzene rings is 1. The number of hydrogen-bond acceptors (Lipinski definition) is 4. The summed E-state index contributed by atoms with van der Waals surface area (Å²) in [6.45, 7) is 0.460. The van der Waals surface area contributed by atoms with Crippen LogP contribution in [0.1, 0.15) is 21.6 Å². The lowest BCUT2D eigenvalue weighted by atomic mass is 10.2. The maximum absolute atomic E-state index is 13.5. The molecule has 0 spiro atoms. The van der Waals surface area contributed by atoms with Gasteiger partial charge in [-0.25, -0.2) is 9.18 Å². The molecule has 0 amide bonds. The van der Waals surface area contributed by atoms with E-state index in [9.17, 15) is 9.18 Å². The number of methoxy groups -OCH3 is 1. The van der Waals surface area contributed by atoms with Crippen LogP contribution in [0.5, 0.6) is 0 Å². The zero-order valence-electron chi connectivity index (χ0n) is 11.7. The summed E-state index contributed by atoms with van der Waals surface area (Å²) >= 11 is 0. The number of carbonyl (C=O) groups is 1. The fourth-order valence-electron chi connectivity index (χ4n) is 1.95. The lowest BCUT2D eigenvalue weighted by Gasteiger charge is -2.07. The monoisotopic (exact) mass is 287 g/mol. The summed E-state index contributed by atoms with van der Waals surface area (Å²) < 4.78 is 19.8. The summed E-state index contributed by atoms with van der Waals surface area (Å²) in [6.07, 6.45) is 1.83. The van der Waals surface area contributed by atoms with Gasteiger partial charge < -0.3 is 14.6 Å². The number of nitrogens with one attached hydrogen (secondary N) is 1. The van der Waals surface area contributed by atoms with Crippen molar-refractivity contribution in [3.63, 3.8) is 0 Å². The highest BCUT2D eigenvalue weighted by Gasteiger charge is 2.12. The van der Waals surface area contributed by atoms with Gasteiger partial charge in [0.25, 0.3) is 0 Å². The number of nitrogens with zero attached hydrogens (tertiary/aromatic N) is 2. The van der Waals surface area contributed by atoms with Crippen molar-refractivity contribution < 1.29 is 13.9 Å². The van der Waals surface area contributed by atoms with Gasteiger partial charge >= 0.3 is 5.97 Å². The molecule has 1 N–H and O–H groups in total. The summed E-state index contributed by atoms with van der Waals surface area (Å²) in [7, 11) is 2.99. The van der Waals surface area contributed by atoms with Crippen LogP contribution in [0.25, 0.3) is 0 Å². The summed E-state index contributed by atoms with van der Waals surface area (Å²) in [5.41, 5.74) is 1.95. The molecule has 0 aliphatic carbocycles. The van der Waals surface area contributed by atoms with Crippen LogP contribution in [0.2, 0.25) is 0 Å². The minimum Gasteiger partial charge on any atom is -0.465 e. The molecule has 2 rings (SSSR count). The Morgan fingerprint density at radius 1 is 1.48 bits per heavy atom. The number of carbonyl (C=O) groups excluding carboxylic acids is 1. The van der Waals surface area contributed by atoms with Crippen LogP contribution in [-0.4, -0.2) is 17.6 Å². The van der Waals surface area contributed by atoms with Crippen molar-refractivity contribution in [2.75, 3.05) is 12.4 Å². The Morgan fingerprint density at radius 2 is 2.24 bits per heavy atom. The van der Waals surface area contributed by atoms with Crippen molar-refractivity contribution in [1.82, 2.24) is 4.57 Å². The van der Waals surface area contributed by atoms with Gasteiger partial charge in [-0.05, 0) is 29.8 Å². The first-order valence-electron chi connectivity index (χ1n) is 6.22. The van der Waals surface area contributed by atoms with Gasteiger partial charge in [0, 0.05) is 25.5 Å². The zero-order valence-corrected chi connectivity index (χ0v) is 11.7. The number of esters is 1. The van der Waals surface area contributed by atoms with Crippen LogP contribution < -0.4 is 5.32 Å². The lowest BCUT2D eigenvalue weighted by Crippen LogP contribution is -2.06. The Balaban J connectivity index is 2.13. The number of rotatable bonds is 4. The van der Waals surface area contributed by atoms with Gasteiger partial charge in [-0.2, -0.15) is 5.26 Å². The second-order valence-electron chi connectivity index (χ2n) is 4.50. The highest BCUT2D eigenvalue weighted by atomic mass is 19.1. The maximum Gasteiger partial charge on any atom is 0.340 e. The molecule has 21 heavy (non-hydrogen) atoms. The van der Waals surface area contributed by atoms with Gasteiger partial charge in [-0.3, -0.25) is 0 Å². The van der Waals surface area contributed by atoms with Gasteiger partial charge in [0.15, 0.2) is 0 Å². The predicted molar refractivity (Wildman–Crippen MR) is 75.2 cm³/mol. The molecular weight excluding hydrogens is 273 g/mol. The minimum absolute atomic E-state index is 0.117. The third-order valence-electron chi connectivity index (χ3n) is 3.04. The van der Waals surface area contributed by atoms with E-state index in [4.69, 9.17) is 5.26 Å². The molecule has 1 aromatic carbocycles. The first-order chi connectivity index (χ1) is 10.0. The smallest absolute Gasteiger partial charge is 0.340 e. The number of anilines is 1. The van der Waals surface area contributed by atoms with Crippen LogP contribution in [0.4, 0.5) is 10.1 Å². The van der Waals surface area contributed by atoms with Crippen molar-refractivity contribution in [3.05, 3.63) is 53.1 Å². The molecule has 0 saturated heterocycles. The molecular formula is C15H14FN3O2. The van der Waals surface area contributed by atoms with E-state index in [-0.39, 0.29) is 5.56 Å². The molecule has 0 radical (unpaired) electrons. The Bertz CT molecular complexity index is 716. The molecule has 0 saturated carbocycles. The highest BCUT2D eigenvalue weighted by Crippen LogP contribution is 2.17. The van der Waals surface area contributed by atoms with Crippen LogP contribution >= 0.6 is 0 Å². The highest BCUT2D eigenvalue weighted by molar-refractivity contribution is 5.90. The molecule has 5 nitrogen and oxygen atoms in total. The summed E-state index contributed by atoms with van der Waals surface area (Å²) in [6, 6.07) is 7.98. The number of hydrogen-bond donors (Lipinski definition) is 1. The van der Waals surface area contributed by atoms with E-state index < -0.39 is 11.8 Å². The second kappa shape index (κ2) is 6.09. The molecule has 108 valence electrons. The standard InChI is InChI=1S/C15H14FN3O2/c1-19-9-10(5-12(19)7-17)8-18-11-3-4-14(16)13(6-11)15(20)21-2/h3-6,9,18H,8H2,1-2H3.